The van der Waals surface area contributed by atoms with Gasteiger partial charge in [-0.2, -0.15) is 13.2 Å². The monoisotopic (exact) mass is 316 g/mol. The van der Waals surface area contributed by atoms with Crippen LogP contribution in [0.2, 0.25) is 0 Å². The molecule has 0 spiro atoms. The van der Waals surface area contributed by atoms with E-state index in [-0.39, 0.29) is 0 Å². The second kappa shape index (κ2) is 6.01. The van der Waals surface area contributed by atoms with E-state index in [1.54, 1.807) is 12.1 Å². The lowest BCUT2D eigenvalue weighted by Crippen LogP contribution is -2.06. The fourth-order valence-corrected chi connectivity index (χ4v) is 2.56. The maximum Gasteiger partial charge on any atom is 0.416 e. The molecule has 1 N–H and O–H groups in total. The first-order chi connectivity index (χ1) is 11.0. The number of rotatable bonds is 3. The summed E-state index contributed by atoms with van der Waals surface area (Å²) >= 11 is 0. The van der Waals surface area contributed by atoms with E-state index in [9.17, 15) is 13.2 Å². The highest BCUT2D eigenvalue weighted by Crippen LogP contribution is 2.32. The molecule has 1 aromatic heterocycles. The Morgan fingerprint density at radius 2 is 1.78 bits per heavy atom. The Morgan fingerprint density at radius 3 is 2.52 bits per heavy atom. The lowest BCUT2D eigenvalue weighted by molar-refractivity contribution is -0.137. The molecule has 3 aromatic rings. The molecular formula is C18H15F3N2. The van der Waals surface area contributed by atoms with Gasteiger partial charge in [0.25, 0.3) is 0 Å². The lowest BCUT2D eigenvalue weighted by Gasteiger charge is -2.10. The van der Waals surface area contributed by atoms with Crippen molar-refractivity contribution >= 4 is 10.9 Å². The third kappa shape index (κ3) is 3.19. The van der Waals surface area contributed by atoms with Crippen molar-refractivity contribution in [1.82, 2.24) is 10.3 Å². The van der Waals surface area contributed by atoms with Crippen LogP contribution in [0.5, 0.6) is 0 Å². The summed E-state index contributed by atoms with van der Waals surface area (Å²) in [5.41, 5.74) is 2.14. The number of benzene rings is 2. The van der Waals surface area contributed by atoms with Crippen LogP contribution in [0.15, 0.2) is 54.6 Å². The maximum atomic E-state index is 12.9. The molecule has 0 bridgehead atoms. The molecule has 0 fully saturated rings. The molecule has 118 valence electrons. The van der Waals surface area contributed by atoms with Gasteiger partial charge < -0.3 is 5.32 Å². The number of halogens is 3. The van der Waals surface area contributed by atoms with Crippen LogP contribution in [0.25, 0.3) is 22.2 Å². The van der Waals surface area contributed by atoms with E-state index in [0.717, 1.165) is 28.6 Å². The van der Waals surface area contributed by atoms with Crippen LogP contribution < -0.4 is 5.32 Å². The number of hydrogen-bond donors (Lipinski definition) is 1. The second-order valence-electron chi connectivity index (χ2n) is 5.29. The number of nitrogens with one attached hydrogen (secondary N) is 1. The van der Waals surface area contributed by atoms with Gasteiger partial charge in [0.05, 0.1) is 16.8 Å². The minimum absolute atomic E-state index is 0.459. The summed E-state index contributed by atoms with van der Waals surface area (Å²) in [6.45, 7) is 0.649. The number of fused-ring (bicyclic) bond motifs is 1. The van der Waals surface area contributed by atoms with Crippen LogP contribution in [-0.4, -0.2) is 12.0 Å². The lowest BCUT2D eigenvalue weighted by atomic mass is 10.0. The first kappa shape index (κ1) is 15.5. The molecule has 3 rings (SSSR count). The number of aromatic nitrogens is 1. The van der Waals surface area contributed by atoms with Gasteiger partial charge >= 0.3 is 6.18 Å². The highest BCUT2D eigenvalue weighted by atomic mass is 19.4. The molecule has 0 radical (unpaired) electrons. The molecule has 0 saturated heterocycles. The van der Waals surface area contributed by atoms with E-state index >= 15 is 0 Å². The predicted molar refractivity (Wildman–Crippen MR) is 84.9 cm³/mol. The van der Waals surface area contributed by atoms with Crippen LogP contribution in [-0.2, 0) is 12.7 Å². The van der Waals surface area contributed by atoms with Crippen LogP contribution in [0.1, 0.15) is 11.1 Å². The second-order valence-corrected chi connectivity index (χ2v) is 5.29. The largest absolute Gasteiger partial charge is 0.416 e. The molecule has 0 amide bonds. The van der Waals surface area contributed by atoms with Crippen LogP contribution >= 0.6 is 0 Å². The molecule has 0 aliphatic rings. The molecule has 0 aliphatic carbocycles. The van der Waals surface area contributed by atoms with Gasteiger partial charge in [-0.15, -0.1) is 0 Å². The van der Waals surface area contributed by atoms with E-state index in [4.69, 9.17) is 0 Å². The highest BCUT2D eigenvalue weighted by Gasteiger charge is 2.30. The van der Waals surface area contributed by atoms with Gasteiger partial charge in [-0.3, -0.25) is 0 Å². The van der Waals surface area contributed by atoms with Gasteiger partial charge in [-0.25, -0.2) is 4.98 Å². The van der Waals surface area contributed by atoms with E-state index in [0.29, 0.717) is 17.8 Å². The summed E-state index contributed by atoms with van der Waals surface area (Å²) in [6, 6.07) is 14.7. The molecule has 23 heavy (non-hydrogen) atoms. The summed E-state index contributed by atoms with van der Waals surface area (Å²) in [6.07, 6.45) is -4.36. The zero-order valence-electron chi connectivity index (χ0n) is 12.5. The Labute approximate surface area is 132 Å². The quantitative estimate of drug-likeness (QED) is 0.761. The Morgan fingerprint density at radius 1 is 1.00 bits per heavy atom. The van der Waals surface area contributed by atoms with Crippen molar-refractivity contribution in [3.8, 4) is 11.3 Å². The average Bonchev–Trinajstić information content (AvgIpc) is 2.54. The average molecular weight is 316 g/mol. The Kier molecular flexibility index (Phi) is 4.05. The molecule has 2 nitrogen and oxygen atoms in total. The zero-order valence-corrected chi connectivity index (χ0v) is 12.5. The van der Waals surface area contributed by atoms with Crippen molar-refractivity contribution in [3.05, 3.63) is 65.7 Å². The number of nitrogens with zero attached hydrogens (tertiary/aromatic N) is 1. The van der Waals surface area contributed by atoms with Gasteiger partial charge in [-0.05, 0) is 30.8 Å². The summed E-state index contributed by atoms with van der Waals surface area (Å²) in [5.74, 6) is 0. The summed E-state index contributed by atoms with van der Waals surface area (Å²) in [5, 5.41) is 4.04. The van der Waals surface area contributed by atoms with E-state index in [2.05, 4.69) is 10.3 Å². The Hall–Kier alpha value is -2.40. The first-order valence-electron chi connectivity index (χ1n) is 7.20. The molecule has 0 unspecified atom stereocenters. The maximum absolute atomic E-state index is 12.9. The van der Waals surface area contributed by atoms with Gasteiger partial charge in [0.2, 0.25) is 0 Å². The number of para-hydroxylation sites is 1. The van der Waals surface area contributed by atoms with Crippen LogP contribution in [0.4, 0.5) is 13.2 Å². The van der Waals surface area contributed by atoms with Crippen molar-refractivity contribution in [3.63, 3.8) is 0 Å². The Balaban J connectivity index is 2.12. The fraction of sp³-hybridized carbons (Fsp3) is 0.167. The third-order valence-electron chi connectivity index (χ3n) is 3.66. The van der Waals surface area contributed by atoms with Crippen molar-refractivity contribution in [2.75, 3.05) is 7.05 Å². The summed E-state index contributed by atoms with van der Waals surface area (Å²) in [7, 11) is 1.84. The van der Waals surface area contributed by atoms with Crippen LogP contribution in [0, 0.1) is 0 Å². The van der Waals surface area contributed by atoms with E-state index < -0.39 is 11.7 Å². The van der Waals surface area contributed by atoms with Crippen molar-refractivity contribution in [2.24, 2.45) is 0 Å². The summed E-state index contributed by atoms with van der Waals surface area (Å²) < 4.78 is 38.6. The molecule has 0 atom stereocenters. The smallest absolute Gasteiger partial charge is 0.316 e. The van der Waals surface area contributed by atoms with Crippen molar-refractivity contribution < 1.29 is 13.2 Å². The van der Waals surface area contributed by atoms with Gasteiger partial charge in [0, 0.05) is 17.5 Å². The van der Waals surface area contributed by atoms with Gasteiger partial charge in [-0.1, -0.05) is 36.4 Å². The molecule has 0 saturated carbocycles. The zero-order chi connectivity index (χ0) is 16.4. The minimum atomic E-state index is -4.36. The van der Waals surface area contributed by atoms with E-state index in [1.807, 2.05) is 31.3 Å². The number of alkyl halides is 3. The molecule has 5 heteroatoms. The normalized spacial score (nSPS) is 11.8. The van der Waals surface area contributed by atoms with Crippen molar-refractivity contribution in [1.29, 1.82) is 0 Å². The fourth-order valence-electron chi connectivity index (χ4n) is 2.56. The molecule has 0 aliphatic heterocycles. The molecular weight excluding hydrogens is 301 g/mol. The molecule has 1 heterocycles. The minimum Gasteiger partial charge on any atom is -0.316 e. The topological polar surface area (TPSA) is 24.9 Å². The SMILES string of the molecule is CNCc1cccc2ccc(-c3cccc(C(F)(F)F)c3)nc12. The standard InChI is InChI=1S/C18H15F3N2/c1-22-11-14-6-2-4-12-8-9-16(23-17(12)14)13-5-3-7-15(10-13)18(19,20)21/h2-10,22H,11H2,1H3. The van der Waals surface area contributed by atoms with E-state index in [1.165, 1.54) is 6.07 Å². The highest BCUT2D eigenvalue weighted by molar-refractivity contribution is 5.84. The number of pyridine rings is 1. The third-order valence-corrected chi connectivity index (χ3v) is 3.66. The Bertz CT molecular complexity index is 841. The van der Waals surface area contributed by atoms with Crippen LogP contribution in [0.3, 0.4) is 0 Å². The van der Waals surface area contributed by atoms with Crippen molar-refractivity contribution in [2.45, 2.75) is 12.7 Å². The first-order valence-corrected chi connectivity index (χ1v) is 7.20. The molecule has 2 aromatic carbocycles. The summed E-state index contributed by atoms with van der Waals surface area (Å²) in [4.78, 5) is 4.58. The van der Waals surface area contributed by atoms with Gasteiger partial charge in [0.1, 0.15) is 0 Å². The number of hydrogen-bond acceptors (Lipinski definition) is 2. The predicted octanol–water partition coefficient (Wildman–Crippen LogP) is 4.64. The van der Waals surface area contributed by atoms with Gasteiger partial charge in [0.15, 0.2) is 0 Å².